The Morgan fingerprint density at radius 3 is 2.55 bits per heavy atom. The van der Waals surface area contributed by atoms with E-state index >= 15 is 0 Å². The van der Waals surface area contributed by atoms with Gasteiger partial charge in [0.1, 0.15) is 6.10 Å². The minimum absolute atomic E-state index is 0.0839. The van der Waals surface area contributed by atoms with E-state index < -0.39 is 23.3 Å². The number of carbonyl (C=O) groups is 4. The van der Waals surface area contributed by atoms with Gasteiger partial charge in [-0.2, -0.15) is 0 Å². The van der Waals surface area contributed by atoms with Crippen molar-refractivity contribution >= 4 is 34.6 Å². The van der Waals surface area contributed by atoms with Crippen molar-refractivity contribution in [3.8, 4) is 0 Å². The third-order valence-corrected chi connectivity index (χ3v) is 5.72. The highest BCUT2D eigenvalue weighted by molar-refractivity contribution is 8.13. The first-order chi connectivity index (χ1) is 13.5. The Kier molecular flexibility index (Phi) is 8.07. The van der Waals surface area contributed by atoms with Crippen LogP contribution in [0.5, 0.6) is 0 Å². The fourth-order valence-electron chi connectivity index (χ4n) is 3.04. The summed E-state index contributed by atoms with van der Waals surface area (Å²) in [7, 11) is 0. The van der Waals surface area contributed by atoms with E-state index in [0.717, 1.165) is 11.8 Å². The molecule has 1 unspecified atom stereocenters. The molecule has 0 bridgehead atoms. The summed E-state index contributed by atoms with van der Waals surface area (Å²) >= 11 is 1.10. The van der Waals surface area contributed by atoms with Gasteiger partial charge in [0.05, 0.1) is 12.6 Å². The molecule has 0 aromatic heterocycles. The molecule has 0 spiro atoms. The number of carbonyl (C=O) groups excluding carboxylic acids is 4. The Morgan fingerprint density at radius 1 is 1.17 bits per heavy atom. The Labute approximate surface area is 175 Å². The first-order valence-electron chi connectivity index (χ1n) is 9.82. The average Bonchev–Trinajstić information content (AvgIpc) is 3.07. The predicted octanol–water partition coefficient (Wildman–Crippen LogP) is 0.325. The molecule has 0 saturated carbocycles. The zero-order valence-corrected chi connectivity index (χ0v) is 18.3. The molecule has 0 radical (unpaired) electrons. The Balaban J connectivity index is 1.61. The lowest BCUT2D eigenvalue weighted by molar-refractivity contribution is -0.304. The summed E-state index contributed by atoms with van der Waals surface area (Å²) in [4.78, 5) is 47.4. The number of nitrogens with one attached hydrogen (secondary N) is 3. The van der Waals surface area contributed by atoms with Crippen molar-refractivity contribution in [2.45, 2.75) is 64.9 Å². The second kappa shape index (κ2) is 9.90. The van der Waals surface area contributed by atoms with Gasteiger partial charge in [-0.05, 0) is 20.3 Å². The molecule has 29 heavy (non-hydrogen) atoms. The van der Waals surface area contributed by atoms with Crippen LogP contribution in [0.3, 0.4) is 0 Å². The molecule has 2 heterocycles. The summed E-state index contributed by atoms with van der Waals surface area (Å²) in [5, 5.41) is 8.01. The molecule has 164 valence electrons. The topological polar surface area (TPSA) is 123 Å². The summed E-state index contributed by atoms with van der Waals surface area (Å²) in [6.07, 6.45) is 0.387. The molecule has 10 heteroatoms. The zero-order valence-electron chi connectivity index (χ0n) is 17.5. The molecule has 0 aromatic carbocycles. The first kappa shape index (κ1) is 23.6. The fourth-order valence-corrected chi connectivity index (χ4v) is 3.82. The third kappa shape index (κ3) is 7.27. The van der Waals surface area contributed by atoms with Crippen molar-refractivity contribution in [2.75, 3.05) is 25.4 Å². The SMILES string of the molecule is CC1(C)OCC(C)(C)[C@H](C(=O)NCCC(=O)NCCSC(=O)C2CCC(=O)N2)O1. The molecule has 0 aromatic rings. The van der Waals surface area contributed by atoms with Crippen LogP contribution >= 0.6 is 11.8 Å². The highest BCUT2D eigenvalue weighted by atomic mass is 32.2. The normalized spacial score (nSPS) is 25.2. The van der Waals surface area contributed by atoms with Crippen molar-refractivity contribution in [1.29, 1.82) is 0 Å². The van der Waals surface area contributed by atoms with Crippen molar-refractivity contribution in [1.82, 2.24) is 16.0 Å². The van der Waals surface area contributed by atoms with E-state index in [1.807, 2.05) is 13.8 Å². The van der Waals surface area contributed by atoms with Gasteiger partial charge in [-0.1, -0.05) is 25.6 Å². The molecule has 2 saturated heterocycles. The summed E-state index contributed by atoms with van der Waals surface area (Å²) in [6.45, 7) is 8.26. The second-order valence-corrected chi connectivity index (χ2v) is 9.49. The highest BCUT2D eigenvalue weighted by Gasteiger charge is 2.45. The van der Waals surface area contributed by atoms with Gasteiger partial charge < -0.3 is 25.4 Å². The van der Waals surface area contributed by atoms with Crippen molar-refractivity contribution in [3.05, 3.63) is 0 Å². The maximum atomic E-state index is 12.5. The summed E-state index contributed by atoms with van der Waals surface area (Å²) in [5.41, 5.74) is -0.468. The summed E-state index contributed by atoms with van der Waals surface area (Å²) in [5.74, 6) is -0.968. The minimum Gasteiger partial charge on any atom is -0.355 e. The number of amides is 3. The largest absolute Gasteiger partial charge is 0.355 e. The lowest BCUT2D eigenvalue weighted by Gasteiger charge is -2.44. The van der Waals surface area contributed by atoms with Crippen LogP contribution in [0.15, 0.2) is 0 Å². The Hall–Kier alpha value is -1.65. The van der Waals surface area contributed by atoms with Crippen LogP contribution in [0.1, 0.15) is 47.0 Å². The van der Waals surface area contributed by atoms with E-state index in [0.29, 0.717) is 31.7 Å². The van der Waals surface area contributed by atoms with Crippen molar-refractivity contribution in [3.63, 3.8) is 0 Å². The van der Waals surface area contributed by atoms with E-state index in [4.69, 9.17) is 9.47 Å². The van der Waals surface area contributed by atoms with Crippen molar-refractivity contribution in [2.24, 2.45) is 5.41 Å². The number of ether oxygens (including phenoxy) is 2. The fraction of sp³-hybridized carbons (Fsp3) is 0.789. The van der Waals surface area contributed by atoms with Gasteiger partial charge in [0.25, 0.3) is 0 Å². The van der Waals surface area contributed by atoms with E-state index in [2.05, 4.69) is 16.0 Å². The van der Waals surface area contributed by atoms with Gasteiger partial charge in [-0.25, -0.2) is 0 Å². The van der Waals surface area contributed by atoms with Gasteiger partial charge >= 0.3 is 0 Å². The molecule has 3 amide bonds. The van der Waals surface area contributed by atoms with Gasteiger partial charge in [-0.3, -0.25) is 19.2 Å². The minimum atomic E-state index is -0.828. The van der Waals surface area contributed by atoms with Gasteiger partial charge in [0.15, 0.2) is 5.79 Å². The van der Waals surface area contributed by atoms with Gasteiger partial charge in [0, 0.05) is 37.1 Å². The van der Waals surface area contributed by atoms with Crippen LogP contribution in [-0.4, -0.2) is 66.2 Å². The second-order valence-electron chi connectivity index (χ2n) is 8.39. The lowest BCUT2D eigenvalue weighted by Crippen LogP contribution is -2.56. The lowest BCUT2D eigenvalue weighted by atomic mass is 9.85. The van der Waals surface area contributed by atoms with Crippen LogP contribution in [0.2, 0.25) is 0 Å². The standard InChI is InChI=1S/C19H31N3O6S/c1-18(2)11-27-19(3,4)28-15(18)16(25)21-8-7-13(23)20-9-10-29-17(26)12-5-6-14(24)22-12/h12,15H,5-11H2,1-4H3,(H,20,23)(H,21,25)(H,22,24)/t12?,15-/m0/s1. The highest BCUT2D eigenvalue weighted by Crippen LogP contribution is 2.34. The van der Waals surface area contributed by atoms with Crippen molar-refractivity contribution < 1.29 is 28.7 Å². The average molecular weight is 430 g/mol. The zero-order chi connectivity index (χ0) is 21.7. The molecular formula is C19H31N3O6S. The molecular weight excluding hydrogens is 398 g/mol. The Bertz CT molecular complexity index is 652. The summed E-state index contributed by atoms with van der Waals surface area (Å²) < 4.78 is 11.4. The van der Waals surface area contributed by atoms with Crippen LogP contribution in [0.25, 0.3) is 0 Å². The Morgan fingerprint density at radius 2 is 1.90 bits per heavy atom. The predicted molar refractivity (Wildman–Crippen MR) is 108 cm³/mol. The quantitative estimate of drug-likeness (QED) is 0.475. The van der Waals surface area contributed by atoms with E-state index in [-0.39, 0.29) is 35.8 Å². The first-order valence-corrected chi connectivity index (χ1v) is 10.8. The monoisotopic (exact) mass is 429 g/mol. The molecule has 2 atom stereocenters. The molecule has 2 rings (SSSR count). The number of hydrogen-bond donors (Lipinski definition) is 3. The number of thioether (sulfide) groups is 1. The summed E-state index contributed by atoms with van der Waals surface area (Å²) in [6, 6.07) is -0.417. The van der Waals surface area contributed by atoms with Crippen LogP contribution in [-0.2, 0) is 28.7 Å². The van der Waals surface area contributed by atoms with Crippen LogP contribution < -0.4 is 16.0 Å². The molecule has 3 N–H and O–H groups in total. The number of rotatable bonds is 8. The molecule has 2 aliphatic heterocycles. The maximum absolute atomic E-state index is 12.5. The van der Waals surface area contributed by atoms with Crippen LogP contribution in [0.4, 0.5) is 0 Å². The van der Waals surface area contributed by atoms with Gasteiger partial charge in [-0.15, -0.1) is 0 Å². The maximum Gasteiger partial charge on any atom is 0.249 e. The van der Waals surface area contributed by atoms with E-state index in [1.165, 1.54) is 0 Å². The van der Waals surface area contributed by atoms with E-state index in [1.54, 1.807) is 13.8 Å². The molecule has 0 aliphatic carbocycles. The molecule has 9 nitrogen and oxygen atoms in total. The number of hydrogen-bond acceptors (Lipinski definition) is 7. The van der Waals surface area contributed by atoms with Gasteiger partial charge in [0.2, 0.25) is 22.8 Å². The molecule has 2 fully saturated rings. The molecule has 2 aliphatic rings. The third-order valence-electron chi connectivity index (χ3n) is 4.74. The smallest absolute Gasteiger partial charge is 0.249 e. The van der Waals surface area contributed by atoms with Crippen LogP contribution in [0, 0.1) is 5.41 Å². The van der Waals surface area contributed by atoms with E-state index in [9.17, 15) is 19.2 Å².